The number of ether oxygens (including phenoxy) is 1. The molecule has 0 radical (unpaired) electrons. The molecule has 1 rings (SSSR count). The van der Waals surface area contributed by atoms with Gasteiger partial charge in [0.25, 0.3) is 0 Å². The molecule has 0 spiro atoms. The Morgan fingerprint density at radius 2 is 2.14 bits per heavy atom. The molecule has 7 heteroatoms. The molecule has 0 aliphatic carbocycles. The van der Waals surface area contributed by atoms with Crippen LogP contribution in [-0.4, -0.2) is 48.1 Å². The number of amides is 1. The van der Waals surface area contributed by atoms with E-state index in [-0.39, 0.29) is 5.91 Å². The van der Waals surface area contributed by atoms with Crippen LogP contribution in [0.15, 0.2) is 18.2 Å². The van der Waals surface area contributed by atoms with E-state index in [0.717, 1.165) is 5.56 Å². The predicted molar refractivity (Wildman–Crippen MR) is 84.2 cm³/mol. The number of halogens is 1. The van der Waals surface area contributed by atoms with Crippen LogP contribution in [0.2, 0.25) is 5.02 Å². The lowest BCUT2D eigenvalue weighted by atomic mass is 10.1. The lowest BCUT2D eigenvalue weighted by molar-refractivity contribution is -0.142. The fourth-order valence-electron chi connectivity index (χ4n) is 2.03. The van der Waals surface area contributed by atoms with Gasteiger partial charge in [-0.1, -0.05) is 11.6 Å². The Balaban J connectivity index is 2.89. The van der Waals surface area contributed by atoms with Crippen LogP contribution in [-0.2, 0) is 16.1 Å². The van der Waals surface area contributed by atoms with Crippen molar-refractivity contribution in [1.82, 2.24) is 10.2 Å². The van der Waals surface area contributed by atoms with Crippen LogP contribution in [0.5, 0.6) is 5.75 Å². The molecule has 0 aromatic heterocycles. The Kier molecular flexibility index (Phi) is 7.14. The first-order valence-corrected chi connectivity index (χ1v) is 7.26. The third-order valence-corrected chi connectivity index (χ3v) is 3.53. The molecule has 122 valence electrons. The third-order valence-electron chi connectivity index (χ3n) is 3.29. The van der Waals surface area contributed by atoms with E-state index in [4.69, 9.17) is 16.3 Å². The summed E-state index contributed by atoms with van der Waals surface area (Å²) in [5.41, 5.74) is 0.797. The van der Waals surface area contributed by atoms with E-state index in [0.29, 0.717) is 30.4 Å². The Morgan fingerprint density at radius 1 is 1.45 bits per heavy atom. The average Bonchev–Trinajstić information content (AvgIpc) is 2.45. The van der Waals surface area contributed by atoms with Gasteiger partial charge in [0.2, 0.25) is 5.91 Å². The Morgan fingerprint density at radius 3 is 2.68 bits per heavy atom. The van der Waals surface area contributed by atoms with Crippen molar-refractivity contribution < 1.29 is 19.4 Å². The van der Waals surface area contributed by atoms with E-state index in [1.165, 1.54) is 6.92 Å². The van der Waals surface area contributed by atoms with Gasteiger partial charge < -0.3 is 15.2 Å². The van der Waals surface area contributed by atoms with Crippen LogP contribution in [0.4, 0.5) is 0 Å². The lowest BCUT2D eigenvalue weighted by Crippen LogP contribution is -2.42. The maximum atomic E-state index is 11.3. The third kappa shape index (κ3) is 5.54. The molecule has 1 amide bonds. The minimum atomic E-state index is -0.927. The summed E-state index contributed by atoms with van der Waals surface area (Å²) in [4.78, 5) is 24.0. The number of nitrogens with one attached hydrogen (secondary N) is 1. The highest BCUT2D eigenvalue weighted by atomic mass is 35.5. The van der Waals surface area contributed by atoms with E-state index in [2.05, 4.69) is 5.32 Å². The van der Waals surface area contributed by atoms with Crippen LogP contribution in [0.25, 0.3) is 0 Å². The Hall–Kier alpha value is -1.79. The molecule has 22 heavy (non-hydrogen) atoms. The standard InChI is InChI=1S/C15H21ClN2O4/c1-10(15(20)21)18(7-6-17-11(2)19)9-12-8-13(16)4-5-14(12)22-3/h4-5,8,10H,6-7,9H2,1-3H3,(H,17,19)(H,20,21). The van der Waals surface area contributed by atoms with Gasteiger partial charge in [0, 0.05) is 37.1 Å². The Bertz CT molecular complexity index is 536. The normalized spacial score (nSPS) is 12.0. The van der Waals surface area contributed by atoms with Gasteiger partial charge in [-0.2, -0.15) is 0 Å². The van der Waals surface area contributed by atoms with Crippen LogP contribution >= 0.6 is 11.6 Å². The molecule has 2 N–H and O–H groups in total. The smallest absolute Gasteiger partial charge is 0.320 e. The molecule has 0 saturated heterocycles. The molecule has 1 atom stereocenters. The molecule has 1 unspecified atom stereocenters. The molecule has 6 nitrogen and oxygen atoms in total. The van der Waals surface area contributed by atoms with Crippen molar-refractivity contribution in [2.75, 3.05) is 20.2 Å². The summed E-state index contributed by atoms with van der Waals surface area (Å²) in [6, 6.07) is 4.51. The van der Waals surface area contributed by atoms with Gasteiger partial charge in [0.05, 0.1) is 7.11 Å². The van der Waals surface area contributed by atoms with Gasteiger partial charge in [-0.05, 0) is 25.1 Å². The second kappa shape index (κ2) is 8.60. The number of aliphatic carboxylic acids is 1. The number of carbonyl (C=O) groups excluding carboxylic acids is 1. The highest BCUT2D eigenvalue weighted by Crippen LogP contribution is 2.24. The average molecular weight is 329 g/mol. The van der Waals surface area contributed by atoms with Gasteiger partial charge in [-0.25, -0.2) is 0 Å². The molecule has 0 heterocycles. The van der Waals surface area contributed by atoms with Crippen LogP contribution in [0.1, 0.15) is 19.4 Å². The van der Waals surface area contributed by atoms with Gasteiger partial charge in [-0.3, -0.25) is 14.5 Å². The number of carboxylic acid groups (broad SMARTS) is 1. The summed E-state index contributed by atoms with van der Waals surface area (Å²) >= 11 is 6.00. The summed E-state index contributed by atoms with van der Waals surface area (Å²) in [5, 5.41) is 12.5. The highest BCUT2D eigenvalue weighted by molar-refractivity contribution is 6.30. The zero-order valence-electron chi connectivity index (χ0n) is 12.9. The lowest BCUT2D eigenvalue weighted by Gasteiger charge is -2.27. The molecule has 0 aliphatic heterocycles. The quantitative estimate of drug-likeness (QED) is 0.760. The highest BCUT2D eigenvalue weighted by Gasteiger charge is 2.22. The van der Waals surface area contributed by atoms with E-state index >= 15 is 0 Å². The first-order chi connectivity index (χ1) is 10.3. The van der Waals surface area contributed by atoms with Crippen molar-refractivity contribution in [3.8, 4) is 5.75 Å². The van der Waals surface area contributed by atoms with Crippen LogP contribution in [0.3, 0.4) is 0 Å². The second-order valence-corrected chi connectivity index (χ2v) is 5.36. The van der Waals surface area contributed by atoms with Crippen LogP contribution < -0.4 is 10.1 Å². The number of rotatable bonds is 8. The molecule has 0 bridgehead atoms. The minimum absolute atomic E-state index is 0.150. The number of methoxy groups -OCH3 is 1. The summed E-state index contributed by atoms with van der Waals surface area (Å²) in [7, 11) is 1.55. The zero-order valence-corrected chi connectivity index (χ0v) is 13.7. The second-order valence-electron chi connectivity index (χ2n) is 4.92. The van der Waals surface area contributed by atoms with Gasteiger partial charge in [0.15, 0.2) is 0 Å². The monoisotopic (exact) mass is 328 g/mol. The van der Waals surface area contributed by atoms with Crippen molar-refractivity contribution in [2.24, 2.45) is 0 Å². The number of hydrogen-bond acceptors (Lipinski definition) is 4. The van der Waals surface area contributed by atoms with Gasteiger partial charge in [0.1, 0.15) is 11.8 Å². The summed E-state index contributed by atoms with van der Waals surface area (Å²) in [5.74, 6) is -0.432. The van der Waals surface area contributed by atoms with Crippen molar-refractivity contribution >= 4 is 23.5 Å². The SMILES string of the molecule is COc1ccc(Cl)cc1CN(CCNC(C)=O)C(C)C(=O)O. The largest absolute Gasteiger partial charge is 0.496 e. The summed E-state index contributed by atoms with van der Waals surface area (Å²) in [6.45, 7) is 4.16. The van der Waals surface area contributed by atoms with Gasteiger partial charge in [-0.15, -0.1) is 0 Å². The first-order valence-electron chi connectivity index (χ1n) is 6.89. The van der Waals surface area contributed by atoms with Crippen LogP contribution in [0, 0.1) is 0 Å². The maximum Gasteiger partial charge on any atom is 0.320 e. The van der Waals surface area contributed by atoms with E-state index in [1.54, 1.807) is 37.1 Å². The molecule has 0 saturated carbocycles. The van der Waals surface area contributed by atoms with Gasteiger partial charge >= 0.3 is 5.97 Å². The van der Waals surface area contributed by atoms with E-state index in [9.17, 15) is 14.7 Å². The molecular formula is C15H21ClN2O4. The summed E-state index contributed by atoms with van der Waals surface area (Å²) < 4.78 is 5.28. The zero-order chi connectivity index (χ0) is 16.7. The molecule has 0 aliphatic rings. The molecule has 0 fully saturated rings. The summed E-state index contributed by atoms with van der Waals surface area (Å²) in [6.07, 6.45) is 0. The van der Waals surface area contributed by atoms with E-state index in [1.807, 2.05) is 0 Å². The Labute approximate surface area is 135 Å². The number of carbonyl (C=O) groups is 2. The van der Waals surface area contributed by atoms with E-state index < -0.39 is 12.0 Å². The number of benzene rings is 1. The molecule has 1 aromatic rings. The van der Waals surface area contributed by atoms with Crippen molar-refractivity contribution in [3.63, 3.8) is 0 Å². The topological polar surface area (TPSA) is 78.9 Å². The fraction of sp³-hybridized carbons (Fsp3) is 0.467. The maximum absolute atomic E-state index is 11.3. The minimum Gasteiger partial charge on any atom is -0.496 e. The van der Waals surface area contributed by atoms with Crippen molar-refractivity contribution in [2.45, 2.75) is 26.4 Å². The molecule has 1 aromatic carbocycles. The number of hydrogen-bond donors (Lipinski definition) is 2. The van der Waals surface area contributed by atoms with Crippen molar-refractivity contribution in [3.05, 3.63) is 28.8 Å². The predicted octanol–water partition coefficient (Wildman–Crippen LogP) is 1.76. The number of nitrogens with zero attached hydrogens (tertiary/aromatic N) is 1. The number of carboxylic acids is 1. The first kappa shape index (κ1) is 18.3. The van der Waals surface area contributed by atoms with Crippen molar-refractivity contribution in [1.29, 1.82) is 0 Å². The fourth-order valence-corrected chi connectivity index (χ4v) is 2.23. The molecular weight excluding hydrogens is 308 g/mol.